The van der Waals surface area contributed by atoms with E-state index in [1.54, 1.807) is 38.1 Å². The molecule has 1 aromatic heterocycles. The number of hydrogen-bond acceptors (Lipinski definition) is 7. The van der Waals surface area contributed by atoms with Gasteiger partial charge in [0.15, 0.2) is 0 Å². The lowest BCUT2D eigenvalue weighted by molar-refractivity contribution is -0.389. The number of carbonyl (C=O) groups excluding carboxylic acids is 1. The van der Waals surface area contributed by atoms with E-state index >= 15 is 0 Å². The van der Waals surface area contributed by atoms with E-state index in [1.807, 2.05) is 0 Å². The average Bonchev–Trinajstić information content (AvgIpc) is 3.10. The average molecular weight is 460 g/mol. The van der Waals surface area contributed by atoms with Crippen molar-refractivity contribution in [3.05, 3.63) is 79.5 Å². The summed E-state index contributed by atoms with van der Waals surface area (Å²) in [5, 5.41) is 29.2. The molecular weight excluding hydrogens is 442 g/mol. The van der Waals surface area contributed by atoms with Gasteiger partial charge in [0, 0.05) is 17.2 Å². The maximum absolute atomic E-state index is 12.6. The van der Waals surface area contributed by atoms with Gasteiger partial charge in [-0.05, 0) is 36.1 Å². The van der Waals surface area contributed by atoms with Crippen LogP contribution in [-0.4, -0.2) is 25.5 Å². The van der Waals surface area contributed by atoms with E-state index in [0.29, 0.717) is 16.5 Å². The third-order valence-electron chi connectivity index (χ3n) is 4.47. The van der Waals surface area contributed by atoms with Crippen LogP contribution in [0.2, 0.25) is 5.02 Å². The Morgan fingerprint density at radius 1 is 1.12 bits per heavy atom. The summed E-state index contributed by atoms with van der Waals surface area (Å²) in [7, 11) is 0. The Morgan fingerprint density at radius 2 is 1.81 bits per heavy atom. The number of anilines is 1. The molecule has 1 amide bonds. The molecule has 0 radical (unpaired) electrons. The molecule has 166 valence electrons. The Morgan fingerprint density at radius 3 is 2.41 bits per heavy atom. The molecule has 11 nitrogen and oxygen atoms in total. The number of carbonyl (C=O) groups is 1. The summed E-state index contributed by atoms with van der Waals surface area (Å²) in [6, 6.07) is 11.6. The lowest BCUT2D eigenvalue weighted by atomic mass is 10.1. The number of amides is 1. The SMILES string of the molecule is Cc1cc([N+](=O)[O-])nn1CC(C)C(=O)Nc1cc(Oc2ccc(Cl)cc2)cc([N+](=O)[O-])c1. The van der Waals surface area contributed by atoms with Gasteiger partial charge in [0.25, 0.3) is 5.69 Å². The molecule has 1 atom stereocenters. The monoisotopic (exact) mass is 459 g/mol. The van der Waals surface area contributed by atoms with E-state index in [4.69, 9.17) is 16.3 Å². The highest BCUT2D eigenvalue weighted by atomic mass is 35.5. The van der Waals surface area contributed by atoms with Gasteiger partial charge in [0.1, 0.15) is 11.5 Å². The number of nitro groups is 2. The van der Waals surface area contributed by atoms with Crippen molar-refractivity contribution < 1.29 is 19.4 Å². The van der Waals surface area contributed by atoms with Gasteiger partial charge in [0.2, 0.25) is 5.91 Å². The molecule has 32 heavy (non-hydrogen) atoms. The fourth-order valence-electron chi connectivity index (χ4n) is 2.83. The molecule has 0 saturated carbocycles. The zero-order chi connectivity index (χ0) is 23.4. The van der Waals surface area contributed by atoms with Gasteiger partial charge in [-0.15, -0.1) is 0 Å². The number of nitrogens with one attached hydrogen (secondary N) is 1. The van der Waals surface area contributed by atoms with Crippen molar-refractivity contribution in [2.45, 2.75) is 20.4 Å². The predicted molar refractivity (Wildman–Crippen MR) is 116 cm³/mol. The number of ether oxygens (including phenoxy) is 1. The normalized spacial score (nSPS) is 11.6. The van der Waals surface area contributed by atoms with Crippen LogP contribution in [0, 0.1) is 33.1 Å². The Labute approximate surface area is 186 Å². The van der Waals surface area contributed by atoms with Crippen molar-refractivity contribution in [3.63, 3.8) is 0 Å². The molecule has 0 aliphatic heterocycles. The molecule has 0 spiro atoms. The predicted octanol–water partition coefficient (Wildman–Crippen LogP) is 4.73. The van der Waals surface area contributed by atoms with Gasteiger partial charge in [0.05, 0.1) is 46.0 Å². The Kier molecular flexibility index (Phi) is 6.69. The second kappa shape index (κ2) is 9.43. The number of benzene rings is 2. The number of halogens is 1. The van der Waals surface area contributed by atoms with Gasteiger partial charge in [-0.25, -0.2) is 0 Å². The van der Waals surface area contributed by atoms with E-state index < -0.39 is 21.7 Å². The van der Waals surface area contributed by atoms with Crippen molar-refractivity contribution in [2.24, 2.45) is 5.92 Å². The summed E-state index contributed by atoms with van der Waals surface area (Å²) < 4.78 is 7.02. The summed E-state index contributed by atoms with van der Waals surface area (Å²) in [5.41, 5.74) is 0.437. The van der Waals surface area contributed by atoms with Crippen LogP contribution in [0.4, 0.5) is 17.2 Å². The Bertz CT molecular complexity index is 1180. The number of aryl methyl sites for hydroxylation is 1. The fraction of sp³-hybridized carbons (Fsp3) is 0.200. The summed E-state index contributed by atoms with van der Waals surface area (Å²) in [6.45, 7) is 3.35. The van der Waals surface area contributed by atoms with Crippen molar-refractivity contribution in [2.75, 3.05) is 5.32 Å². The molecule has 2 aromatic carbocycles. The minimum atomic E-state index is -0.631. The lowest BCUT2D eigenvalue weighted by Crippen LogP contribution is -2.25. The highest BCUT2D eigenvalue weighted by Crippen LogP contribution is 2.30. The largest absolute Gasteiger partial charge is 0.457 e. The van der Waals surface area contributed by atoms with Crippen molar-refractivity contribution in [3.8, 4) is 11.5 Å². The molecule has 1 unspecified atom stereocenters. The fourth-order valence-corrected chi connectivity index (χ4v) is 2.96. The molecule has 3 aromatic rings. The minimum Gasteiger partial charge on any atom is -0.457 e. The lowest BCUT2D eigenvalue weighted by Gasteiger charge is -2.13. The second-order valence-corrected chi connectivity index (χ2v) is 7.44. The molecule has 3 rings (SSSR count). The van der Waals surface area contributed by atoms with E-state index in [9.17, 15) is 25.0 Å². The van der Waals surface area contributed by atoms with Crippen LogP contribution >= 0.6 is 11.6 Å². The van der Waals surface area contributed by atoms with E-state index in [1.165, 1.54) is 28.9 Å². The van der Waals surface area contributed by atoms with Gasteiger partial charge >= 0.3 is 5.82 Å². The maximum Gasteiger partial charge on any atom is 0.390 e. The van der Waals surface area contributed by atoms with Crippen molar-refractivity contribution >= 4 is 34.7 Å². The van der Waals surface area contributed by atoms with E-state index in [0.717, 1.165) is 0 Å². The van der Waals surface area contributed by atoms with Crippen LogP contribution in [0.15, 0.2) is 48.5 Å². The molecule has 1 N–H and O–H groups in total. The molecule has 0 bridgehead atoms. The first-order valence-corrected chi connectivity index (χ1v) is 9.73. The molecular formula is C20H18ClN5O6. The molecule has 0 aliphatic carbocycles. The third-order valence-corrected chi connectivity index (χ3v) is 4.72. The quantitative estimate of drug-likeness (QED) is 0.379. The number of nitrogens with zero attached hydrogens (tertiary/aromatic N) is 4. The van der Waals surface area contributed by atoms with Crippen LogP contribution in [0.25, 0.3) is 0 Å². The third kappa shape index (κ3) is 5.58. The number of hydrogen-bond donors (Lipinski definition) is 1. The van der Waals surface area contributed by atoms with Crippen LogP contribution in [0.5, 0.6) is 11.5 Å². The van der Waals surface area contributed by atoms with Gasteiger partial charge in [-0.1, -0.05) is 18.5 Å². The van der Waals surface area contributed by atoms with E-state index in [2.05, 4.69) is 10.4 Å². The van der Waals surface area contributed by atoms with Gasteiger partial charge in [-0.2, -0.15) is 4.68 Å². The summed E-state index contributed by atoms with van der Waals surface area (Å²) >= 11 is 5.85. The van der Waals surface area contributed by atoms with Crippen LogP contribution in [0.3, 0.4) is 0 Å². The summed E-state index contributed by atoms with van der Waals surface area (Å²) in [5.74, 6) is -0.814. The minimum absolute atomic E-state index is 0.0918. The van der Waals surface area contributed by atoms with Crippen LogP contribution in [-0.2, 0) is 11.3 Å². The zero-order valence-corrected chi connectivity index (χ0v) is 17.8. The second-order valence-electron chi connectivity index (χ2n) is 7.00. The Balaban J connectivity index is 1.76. The van der Waals surface area contributed by atoms with Crippen molar-refractivity contribution in [1.29, 1.82) is 0 Å². The number of non-ortho nitro benzene ring substituents is 1. The first-order valence-electron chi connectivity index (χ1n) is 9.35. The van der Waals surface area contributed by atoms with Crippen molar-refractivity contribution in [1.82, 2.24) is 9.78 Å². The summed E-state index contributed by atoms with van der Waals surface area (Å²) in [6.07, 6.45) is 0. The zero-order valence-electron chi connectivity index (χ0n) is 17.0. The Hall–Kier alpha value is -3.99. The molecule has 1 heterocycles. The highest BCUT2D eigenvalue weighted by molar-refractivity contribution is 6.30. The number of rotatable bonds is 8. The molecule has 0 saturated heterocycles. The first-order chi connectivity index (χ1) is 15.1. The first kappa shape index (κ1) is 22.7. The standard InChI is InChI=1S/C20H18ClN5O6/c1-12(11-24-13(2)7-19(23-24)26(30)31)20(27)22-15-8-16(25(28)29)10-18(9-15)32-17-5-3-14(21)4-6-17/h3-10,12H,11H2,1-2H3,(H,22,27). The topological polar surface area (TPSA) is 142 Å². The number of aromatic nitrogens is 2. The highest BCUT2D eigenvalue weighted by Gasteiger charge is 2.22. The number of nitro benzene ring substituents is 1. The van der Waals surface area contributed by atoms with Crippen LogP contribution in [0.1, 0.15) is 12.6 Å². The molecule has 12 heteroatoms. The molecule has 0 aliphatic rings. The van der Waals surface area contributed by atoms with Crippen LogP contribution < -0.4 is 10.1 Å². The van der Waals surface area contributed by atoms with Gasteiger partial charge < -0.3 is 20.2 Å². The van der Waals surface area contributed by atoms with Gasteiger partial charge in [-0.3, -0.25) is 14.9 Å². The summed E-state index contributed by atoms with van der Waals surface area (Å²) in [4.78, 5) is 33.6. The molecule has 0 fully saturated rings. The smallest absolute Gasteiger partial charge is 0.390 e. The maximum atomic E-state index is 12.6. The van der Waals surface area contributed by atoms with E-state index in [-0.39, 0.29) is 29.5 Å².